The molecule has 6 heteroatoms. The predicted molar refractivity (Wildman–Crippen MR) is 86.9 cm³/mol. The number of carbonyl (C=O) groups excluding carboxylic acids is 2. The first-order valence-corrected chi connectivity index (χ1v) is 8.46. The van der Waals surface area contributed by atoms with Gasteiger partial charge in [0.05, 0.1) is 11.7 Å². The lowest BCUT2D eigenvalue weighted by Gasteiger charge is -2.34. The van der Waals surface area contributed by atoms with Crippen LogP contribution in [0.1, 0.15) is 41.6 Å². The number of amides is 2. The maximum Gasteiger partial charge on any atom is 0.256 e. The molecule has 2 amide bonds. The van der Waals surface area contributed by atoms with E-state index in [2.05, 4.69) is 0 Å². The largest absolute Gasteiger partial charge is 0.367 e. The molecular weight excluding hydrogens is 311 g/mol. The molecule has 2 atom stereocenters. The predicted octanol–water partition coefficient (Wildman–Crippen LogP) is 2.02. The lowest BCUT2D eigenvalue weighted by atomic mass is 9.89. The Morgan fingerprint density at radius 2 is 1.92 bits per heavy atom. The number of carbonyl (C=O) groups is 2. The van der Waals surface area contributed by atoms with Gasteiger partial charge < -0.3 is 15.4 Å². The van der Waals surface area contributed by atoms with Crippen LogP contribution in [0.5, 0.6) is 0 Å². The Balaban J connectivity index is 1.58. The van der Waals surface area contributed by atoms with E-state index < -0.39 is 17.8 Å². The summed E-state index contributed by atoms with van der Waals surface area (Å²) in [5.74, 6) is -0.811. The summed E-state index contributed by atoms with van der Waals surface area (Å²) in [6.45, 7) is 3.00. The Hall–Kier alpha value is -1.95. The van der Waals surface area contributed by atoms with Gasteiger partial charge in [-0.25, -0.2) is 4.39 Å². The molecule has 0 radical (unpaired) electrons. The second kappa shape index (κ2) is 6.89. The van der Waals surface area contributed by atoms with E-state index in [0.717, 1.165) is 24.8 Å². The van der Waals surface area contributed by atoms with Crippen molar-refractivity contribution in [3.63, 3.8) is 0 Å². The Kier molecular flexibility index (Phi) is 4.85. The average molecular weight is 334 g/mol. The van der Waals surface area contributed by atoms with Crippen LogP contribution >= 0.6 is 0 Å². The molecule has 0 bridgehead atoms. The minimum absolute atomic E-state index is 0.0375. The van der Waals surface area contributed by atoms with Crippen LogP contribution in [0.3, 0.4) is 0 Å². The van der Waals surface area contributed by atoms with Crippen molar-refractivity contribution >= 4 is 11.8 Å². The third-order valence-electron chi connectivity index (χ3n) is 5.07. The molecule has 0 aliphatic carbocycles. The van der Waals surface area contributed by atoms with Crippen molar-refractivity contribution in [2.75, 3.05) is 13.1 Å². The summed E-state index contributed by atoms with van der Waals surface area (Å²) in [6, 6.07) is 4.60. The molecule has 0 spiro atoms. The zero-order valence-electron chi connectivity index (χ0n) is 13.8. The Morgan fingerprint density at radius 3 is 2.54 bits per heavy atom. The minimum Gasteiger partial charge on any atom is -0.367 e. The third kappa shape index (κ3) is 3.43. The van der Waals surface area contributed by atoms with Gasteiger partial charge in [0.15, 0.2) is 0 Å². The molecule has 130 valence electrons. The molecule has 2 saturated heterocycles. The van der Waals surface area contributed by atoms with Crippen molar-refractivity contribution in [1.82, 2.24) is 4.90 Å². The van der Waals surface area contributed by atoms with Crippen LogP contribution in [0, 0.1) is 18.7 Å². The molecule has 2 fully saturated rings. The number of benzene rings is 1. The van der Waals surface area contributed by atoms with Gasteiger partial charge in [0, 0.05) is 13.1 Å². The maximum atomic E-state index is 13.9. The molecule has 0 aromatic heterocycles. The van der Waals surface area contributed by atoms with Crippen molar-refractivity contribution in [3.05, 3.63) is 35.1 Å². The van der Waals surface area contributed by atoms with Gasteiger partial charge in [-0.3, -0.25) is 9.59 Å². The molecule has 3 rings (SSSR count). The lowest BCUT2D eigenvalue weighted by Crippen LogP contribution is -2.42. The van der Waals surface area contributed by atoms with Crippen LogP contribution in [-0.4, -0.2) is 42.0 Å². The van der Waals surface area contributed by atoms with Crippen molar-refractivity contribution in [2.24, 2.45) is 11.7 Å². The van der Waals surface area contributed by atoms with Gasteiger partial charge in [-0.2, -0.15) is 0 Å². The van der Waals surface area contributed by atoms with Gasteiger partial charge in [-0.05, 0) is 50.7 Å². The van der Waals surface area contributed by atoms with E-state index in [9.17, 15) is 14.0 Å². The molecule has 1 aromatic carbocycles. The quantitative estimate of drug-likeness (QED) is 0.919. The molecule has 2 N–H and O–H groups in total. The first-order chi connectivity index (χ1) is 11.5. The SMILES string of the molecule is Cc1ccc(F)c(C(=O)N2CCC([C@@H]3CC[C@H](C(N)=O)O3)CC2)c1. The number of hydrogen-bond acceptors (Lipinski definition) is 3. The summed E-state index contributed by atoms with van der Waals surface area (Å²) in [6.07, 6.45) is 2.67. The van der Waals surface area contributed by atoms with Gasteiger partial charge in [-0.1, -0.05) is 11.6 Å². The molecule has 2 heterocycles. The number of nitrogens with zero attached hydrogens (tertiary/aromatic N) is 1. The van der Waals surface area contributed by atoms with E-state index >= 15 is 0 Å². The zero-order valence-corrected chi connectivity index (χ0v) is 13.8. The van der Waals surface area contributed by atoms with E-state index in [1.165, 1.54) is 6.07 Å². The lowest BCUT2D eigenvalue weighted by molar-refractivity contribution is -0.130. The average Bonchev–Trinajstić information content (AvgIpc) is 3.07. The van der Waals surface area contributed by atoms with Gasteiger partial charge in [0.2, 0.25) is 5.91 Å². The summed E-state index contributed by atoms with van der Waals surface area (Å²) in [5.41, 5.74) is 6.30. The number of halogens is 1. The maximum absolute atomic E-state index is 13.9. The molecule has 24 heavy (non-hydrogen) atoms. The fourth-order valence-corrected chi connectivity index (χ4v) is 3.67. The molecule has 2 aliphatic rings. The number of piperidine rings is 1. The Bertz CT molecular complexity index is 641. The number of aryl methyl sites for hydroxylation is 1. The van der Waals surface area contributed by atoms with Crippen molar-refractivity contribution in [1.29, 1.82) is 0 Å². The number of likely N-dealkylation sites (tertiary alicyclic amines) is 1. The van der Waals surface area contributed by atoms with Crippen molar-refractivity contribution in [3.8, 4) is 0 Å². The van der Waals surface area contributed by atoms with Gasteiger partial charge in [-0.15, -0.1) is 0 Å². The fraction of sp³-hybridized carbons (Fsp3) is 0.556. The van der Waals surface area contributed by atoms with Crippen LogP contribution in [0.2, 0.25) is 0 Å². The second-order valence-electron chi connectivity index (χ2n) is 6.76. The number of nitrogens with two attached hydrogens (primary N) is 1. The Labute approximate surface area is 141 Å². The van der Waals surface area contributed by atoms with Gasteiger partial charge >= 0.3 is 0 Å². The normalized spacial score (nSPS) is 25.0. The van der Waals surface area contributed by atoms with E-state index in [0.29, 0.717) is 25.4 Å². The number of rotatable bonds is 3. The van der Waals surface area contributed by atoms with Gasteiger partial charge in [0.1, 0.15) is 11.9 Å². The summed E-state index contributed by atoms with van der Waals surface area (Å²) in [5, 5.41) is 0. The van der Waals surface area contributed by atoms with Crippen molar-refractivity contribution in [2.45, 2.75) is 44.8 Å². The summed E-state index contributed by atoms with van der Waals surface area (Å²) in [7, 11) is 0. The highest BCUT2D eigenvalue weighted by Crippen LogP contribution is 2.32. The van der Waals surface area contributed by atoms with Crippen LogP contribution in [0.4, 0.5) is 4.39 Å². The highest BCUT2D eigenvalue weighted by atomic mass is 19.1. The molecular formula is C18H23FN2O3. The summed E-state index contributed by atoms with van der Waals surface area (Å²) in [4.78, 5) is 25.4. The highest BCUT2D eigenvalue weighted by molar-refractivity contribution is 5.94. The summed E-state index contributed by atoms with van der Waals surface area (Å²) >= 11 is 0. The molecule has 0 saturated carbocycles. The van der Waals surface area contributed by atoms with E-state index in [-0.39, 0.29) is 17.6 Å². The number of hydrogen-bond donors (Lipinski definition) is 1. The number of ether oxygens (including phenoxy) is 1. The van der Waals surface area contributed by atoms with E-state index in [1.807, 2.05) is 6.92 Å². The van der Waals surface area contributed by atoms with Crippen LogP contribution in [0.25, 0.3) is 0 Å². The molecule has 1 aromatic rings. The first kappa shape index (κ1) is 16.9. The number of primary amides is 1. The molecule has 5 nitrogen and oxygen atoms in total. The van der Waals surface area contributed by atoms with Crippen molar-refractivity contribution < 1.29 is 18.7 Å². The van der Waals surface area contributed by atoms with Gasteiger partial charge in [0.25, 0.3) is 5.91 Å². The third-order valence-corrected chi connectivity index (χ3v) is 5.07. The Morgan fingerprint density at radius 1 is 1.21 bits per heavy atom. The van der Waals surface area contributed by atoms with E-state index in [1.54, 1.807) is 17.0 Å². The smallest absolute Gasteiger partial charge is 0.256 e. The second-order valence-corrected chi connectivity index (χ2v) is 6.76. The highest BCUT2D eigenvalue weighted by Gasteiger charge is 2.36. The van der Waals surface area contributed by atoms with Crippen LogP contribution in [0.15, 0.2) is 18.2 Å². The van der Waals surface area contributed by atoms with E-state index in [4.69, 9.17) is 10.5 Å². The minimum atomic E-state index is -0.476. The zero-order chi connectivity index (χ0) is 17.3. The monoisotopic (exact) mass is 334 g/mol. The molecule has 2 aliphatic heterocycles. The first-order valence-electron chi connectivity index (χ1n) is 8.46. The molecule has 0 unspecified atom stereocenters. The standard InChI is InChI=1S/C18H23FN2O3/c1-11-2-3-14(19)13(10-11)18(23)21-8-6-12(7-9-21)15-4-5-16(24-15)17(20)22/h2-3,10,12,15-16H,4-9H2,1H3,(H2,20,22)/t15-,16+/m0/s1. The topological polar surface area (TPSA) is 72.6 Å². The van der Waals surface area contributed by atoms with Crippen LogP contribution in [-0.2, 0) is 9.53 Å². The summed E-state index contributed by atoms with van der Waals surface area (Å²) < 4.78 is 19.6. The van der Waals surface area contributed by atoms with Crippen LogP contribution < -0.4 is 5.73 Å². The fourth-order valence-electron chi connectivity index (χ4n) is 3.67.